The number of nitrogens with one attached hydrogen (secondary N) is 2. The van der Waals surface area contributed by atoms with E-state index >= 15 is 0 Å². The predicted octanol–water partition coefficient (Wildman–Crippen LogP) is 2.97. The van der Waals surface area contributed by atoms with E-state index in [1.165, 1.54) is 0 Å². The summed E-state index contributed by atoms with van der Waals surface area (Å²) in [6.07, 6.45) is 2.52. The predicted molar refractivity (Wildman–Crippen MR) is 97.0 cm³/mol. The first-order valence-corrected chi connectivity index (χ1v) is 8.70. The fraction of sp³-hybridized carbons (Fsp3) is 0.579. The van der Waals surface area contributed by atoms with E-state index in [9.17, 15) is 9.59 Å². The van der Waals surface area contributed by atoms with E-state index in [0.29, 0.717) is 18.7 Å². The molecule has 0 aliphatic rings. The Hall–Kier alpha value is -1.88. The fourth-order valence-corrected chi connectivity index (χ4v) is 2.77. The Morgan fingerprint density at radius 2 is 1.88 bits per heavy atom. The molecule has 1 aromatic carbocycles. The van der Waals surface area contributed by atoms with E-state index in [-0.39, 0.29) is 18.4 Å². The summed E-state index contributed by atoms with van der Waals surface area (Å²) in [6.45, 7) is 8.57. The van der Waals surface area contributed by atoms with Crippen LogP contribution in [0.4, 0.5) is 5.69 Å². The van der Waals surface area contributed by atoms with Gasteiger partial charge in [-0.25, -0.2) is 0 Å². The highest BCUT2D eigenvalue weighted by molar-refractivity contribution is 6.39. The second-order valence-electron chi connectivity index (χ2n) is 6.52. The number of carbonyl (C=O) groups excluding carboxylic acids is 2. The van der Waals surface area contributed by atoms with Gasteiger partial charge >= 0.3 is 11.8 Å². The van der Waals surface area contributed by atoms with Crippen molar-refractivity contribution < 1.29 is 14.7 Å². The number of para-hydroxylation sites is 1. The number of rotatable bonds is 8. The molecular weight excluding hydrogens is 304 g/mol. The van der Waals surface area contributed by atoms with Crippen molar-refractivity contribution in [1.82, 2.24) is 5.32 Å². The number of aryl methyl sites for hydroxylation is 1. The minimum atomic E-state index is -0.648. The Morgan fingerprint density at radius 3 is 2.46 bits per heavy atom. The molecule has 0 bridgehead atoms. The van der Waals surface area contributed by atoms with Gasteiger partial charge in [0.25, 0.3) is 0 Å². The molecule has 0 heterocycles. The average Bonchev–Trinajstić information content (AvgIpc) is 2.54. The van der Waals surface area contributed by atoms with Crippen LogP contribution in [0.15, 0.2) is 18.2 Å². The van der Waals surface area contributed by atoms with Crippen molar-refractivity contribution in [2.24, 2.45) is 5.92 Å². The van der Waals surface area contributed by atoms with Crippen molar-refractivity contribution in [3.63, 3.8) is 0 Å². The zero-order chi connectivity index (χ0) is 18.1. The number of carbonyl (C=O) groups is 2. The number of amides is 2. The molecule has 1 rings (SSSR count). The first-order valence-electron chi connectivity index (χ1n) is 8.70. The van der Waals surface area contributed by atoms with Gasteiger partial charge in [0.2, 0.25) is 0 Å². The van der Waals surface area contributed by atoms with Gasteiger partial charge < -0.3 is 15.7 Å². The number of aliphatic hydroxyl groups excluding tert-OH is 1. The largest absolute Gasteiger partial charge is 0.396 e. The third-order valence-electron chi connectivity index (χ3n) is 4.16. The summed E-state index contributed by atoms with van der Waals surface area (Å²) < 4.78 is 0. The Morgan fingerprint density at radius 1 is 1.17 bits per heavy atom. The lowest BCUT2D eigenvalue weighted by Crippen LogP contribution is -2.38. The minimum absolute atomic E-state index is 0.0910. The molecule has 1 atom stereocenters. The fourth-order valence-electron chi connectivity index (χ4n) is 2.77. The molecule has 0 aliphatic heterocycles. The minimum Gasteiger partial charge on any atom is -0.396 e. The summed E-state index contributed by atoms with van der Waals surface area (Å²) >= 11 is 0. The van der Waals surface area contributed by atoms with Gasteiger partial charge in [0.1, 0.15) is 0 Å². The Balaban J connectivity index is 2.69. The van der Waals surface area contributed by atoms with Gasteiger partial charge in [-0.1, -0.05) is 45.4 Å². The topological polar surface area (TPSA) is 78.4 Å². The van der Waals surface area contributed by atoms with E-state index in [0.717, 1.165) is 24.0 Å². The van der Waals surface area contributed by atoms with Gasteiger partial charge in [0.15, 0.2) is 0 Å². The zero-order valence-electron chi connectivity index (χ0n) is 15.2. The number of anilines is 1. The maximum Gasteiger partial charge on any atom is 0.313 e. The molecule has 5 nitrogen and oxygen atoms in total. The smallest absolute Gasteiger partial charge is 0.313 e. The molecule has 24 heavy (non-hydrogen) atoms. The molecule has 0 radical (unpaired) electrons. The summed E-state index contributed by atoms with van der Waals surface area (Å²) in [4.78, 5) is 24.3. The normalized spacial score (nSPS) is 12.1. The molecule has 5 heteroatoms. The van der Waals surface area contributed by atoms with E-state index in [4.69, 9.17) is 5.11 Å². The third-order valence-corrected chi connectivity index (χ3v) is 4.16. The van der Waals surface area contributed by atoms with Gasteiger partial charge in [-0.05, 0) is 42.7 Å². The van der Waals surface area contributed by atoms with Crippen LogP contribution in [0.2, 0.25) is 0 Å². The lowest BCUT2D eigenvalue weighted by Gasteiger charge is -2.17. The lowest BCUT2D eigenvalue weighted by molar-refractivity contribution is -0.136. The van der Waals surface area contributed by atoms with Gasteiger partial charge in [0, 0.05) is 18.8 Å². The van der Waals surface area contributed by atoms with E-state index in [1.54, 1.807) is 0 Å². The van der Waals surface area contributed by atoms with Crippen molar-refractivity contribution in [1.29, 1.82) is 0 Å². The van der Waals surface area contributed by atoms with Gasteiger partial charge in [-0.2, -0.15) is 0 Å². The van der Waals surface area contributed by atoms with Gasteiger partial charge in [-0.3, -0.25) is 9.59 Å². The molecule has 0 fully saturated rings. The Labute approximate surface area is 144 Å². The molecule has 1 unspecified atom stereocenters. The van der Waals surface area contributed by atoms with Crippen molar-refractivity contribution in [3.05, 3.63) is 29.3 Å². The highest BCUT2D eigenvalue weighted by atomic mass is 16.3. The summed E-state index contributed by atoms with van der Waals surface area (Å²) in [5, 5.41) is 14.5. The monoisotopic (exact) mass is 334 g/mol. The summed E-state index contributed by atoms with van der Waals surface area (Å²) in [6, 6.07) is 5.83. The first kappa shape index (κ1) is 20.2. The number of aliphatic hydroxyl groups is 1. The Kier molecular flexibility index (Phi) is 8.47. The van der Waals surface area contributed by atoms with Gasteiger partial charge in [0.05, 0.1) is 0 Å². The quantitative estimate of drug-likeness (QED) is 0.640. The summed E-state index contributed by atoms with van der Waals surface area (Å²) in [5.74, 6) is -0.833. The molecule has 134 valence electrons. The molecule has 0 saturated heterocycles. The Bertz CT molecular complexity index is 550. The highest BCUT2D eigenvalue weighted by Crippen LogP contribution is 2.27. The van der Waals surface area contributed by atoms with Crippen LogP contribution in [0.5, 0.6) is 0 Å². The van der Waals surface area contributed by atoms with E-state index in [1.807, 2.05) is 25.1 Å². The molecule has 3 N–H and O–H groups in total. The lowest BCUT2D eigenvalue weighted by atomic mass is 9.98. The van der Waals surface area contributed by atoms with Crippen molar-refractivity contribution in [2.45, 2.75) is 52.9 Å². The van der Waals surface area contributed by atoms with Crippen LogP contribution in [-0.4, -0.2) is 30.1 Å². The van der Waals surface area contributed by atoms with Crippen LogP contribution >= 0.6 is 0 Å². The molecule has 0 aromatic heterocycles. The van der Waals surface area contributed by atoms with E-state index in [2.05, 4.69) is 31.4 Å². The van der Waals surface area contributed by atoms with Crippen molar-refractivity contribution >= 4 is 17.5 Å². The van der Waals surface area contributed by atoms with Gasteiger partial charge in [-0.15, -0.1) is 0 Å². The second kappa shape index (κ2) is 10.1. The van der Waals surface area contributed by atoms with E-state index < -0.39 is 11.8 Å². The molecule has 0 saturated carbocycles. The number of benzene rings is 1. The van der Waals surface area contributed by atoms with Crippen LogP contribution in [-0.2, 0) is 9.59 Å². The molecule has 0 spiro atoms. The van der Waals surface area contributed by atoms with Crippen molar-refractivity contribution in [3.8, 4) is 0 Å². The van der Waals surface area contributed by atoms with Crippen LogP contribution in [0, 0.1) is 12.8 Å². The zero-order valence-corrected chi connectivity index (χ0v) is 15.2. The van der Waals surface area contributed by atoms with Crippen molar-refractivity contribution in [2.75, 3.05) is 18.5 Å². The number of hydrogen-bond acceptors (Lipinski definition) is 3. The third kappa shape index (κ3) is 5.96. The maximum atomic E-state index is 12.2. The van der Waals surface area contributed by atoms with Crippen LogP contribution in [0.1, 0.15) is 57.1 Å². The van der Waals surface area contributed by atoms with Crippen LogP contribution in [0.25, 0.3) is 0 Å². The molecule has 2 amide bonds. The molecular formula is C19H30N2O3. The first-order chi connectivity index (χ1) is 11.4. The SMILES string of the molecule is CCCC(CCO)CNC(=O)C(=O)Nc1c(C)cccc1C(C)C. The summed E-state index contributed by atoms with van der Waals surface area (Å²) in [5.41, 5.74) is 2.67. The number of hydrogen-bond donors (Lipinski definition) is 3. The molecule has 0 aliphatic carbocycles. The second-order valence-corrected chi connectivity index (χ2v) is 6.52. The summed E-state index contributed by atoms with van der Waals surface area (Å²) in [7, 11) is 0. The van der Waals surface area contributed by atoms with Crippen LogP contribution in [0.3, 0.4) is 0 Å². The highest BCUT2D eigenvalue weighted by Gasteiger charge is 2.18. The van der Waals surface area contributed by atoms with Crippen LogP contribution < -0.4 is 10.6 Å². The average molecular weight is 334 g/mol. The maximum absolute atomic E-state index is 12.2. The standard InChI is InChI=1S/C19H30N2O3/c1-5-7-15(10-11-22)12-20-18(23)19(24)21-17-14(4)8-6-9-16(17)13(2)3/h6,8-9,13,15,22H,5,7,10-12H2,1-4H3,(H,20,23)(H,21,24). The molecule has 1 aromatic rings.